The number of nitrogens with one attached hydrogen (secondary N) is 1. The van der Waals surface area contributed by atoms with E-state index < -0.39 is 33.7 Å². The van der Waals surface area contributed by atoms with Gasteiger partial charge in [0.25, 0.3) is 5.56 Å². The van der Waals surface area contributed by atoms with Crippen LogP contribution >= 0.6 is 0 Å². The molecular weight excluding hydrogens is 410 g/mol. The van der Waals surface area contributed by atoms with E-state index in [1.54, 1.807) is 12.1 Å². The van der Waals surface area contributed by atoms with Gasteiger partial charge in [-0.2, -0.15) is 4.31 Å². The van der Waals surface area contributed by atoms with E-state index in [1.807, 2.05) is 19.1 Å². The van der Waals surface area contributed by atoms with Crippen molar-refractivity contribution in [3.63, 3.8) is 0 Å². The number of anilines is 1. The first-order valence-corrected chi connectivity index (χ1v) is 10.3. The Morgan fingerprint density at radius 1 is 1.13 bits per heavy atom. The molecule has 3 rings (SSSR count). The molecule has 1 N–H and O–H groups in total. The number of fused-ring (bicyclic) bond motifs is 1. The number of sulfonamides is 1. The third-order valence-electron chi connectivity index (χ3n) is 4.68. The fraction of sp³-hybridized carbons (Fsp3) is 0.263. The normalized spacial score (nSPS) is 11.8. The average Bonchev–Trinajstić information content (AvgIpc) is 2.71. The van der Waals surface area contributed by atoms with Gasteiger partial charge in [-0.3, -0.25) is 18.7 Å². The summed E-state index contributed by atoms with van der Waals surface area (Å²) in [6.07, 6.45) is 1.06. The number of carbonyl (C=O) groups excluding carboxylic acids is 1. The van der Waals surface area contributed by atoms with Crippen LogP contribution in [0.1, 0.15) is 5.56 Å². The lowest BCUT2D eigenvalue weighted by molar-refractivity contribution is -0.116. The molecule has 0 fully saturated rings. The molecule has 0 spiro atoms. The zero-order chi connectivity index (χ0) is 22.2. The maximum atomic E-state index is 12.9. The molecular formula is C19H21N5O5S. The van der Waals surface area contributed by atoms with E-state index in [4.69, 9.17) is 0 Å². The Kier molecular flexibility index (Phi) is 5.59. The number of rotatable bonds is 5. The number of pyridine rings is 1. The molecule has 0 aliphatic carbocycles. The van der Waals surface area contributed by atoms with Crippen LogP contribution < -0.4 is 16.6 Å². The molecule has 0 aliphatic rings. The molecule has 10 nitrogen and oxygen atoms in total. The van der Waals surface area contributed by atoms with E-state index >= 15 is 0 Å². The molecule has 0 saturated heterocycles. The monoisotopic (exact) mass is 431 g/mol. The maximum absolute atomic E-state index is 12.9. The van der Waals surface area contributed by atoms with Gasteiger partial charge in [0.1, 0.15) is 10.5 Å². The van der Waals surface area contributed by atoms with Crippen molar-refractivity contribution in [2.45, 2.75) is 11.8 Å². The number of amides is 1. The largest absolute Gasteiger partial charge is 0.332 e. The summed E-state index contributed by atoms with van der Waals surface area (Å²) >= 11 is 0. The summed E-state index contributed by atoms with van der Waals surface area (Å²) < 4.78 is 28.7. The smallest absolute Gasteiger partial charge is 0.325 e. The van der Waals surface area contributed by atoms with Crippen molar-refractivity contribution in [2.75, 3.05) is 18.9 Å². The Bertz CT molecular complexity index is 1360. The summed E-state index contributed by atoms with van der Waals surface area (Å²) in [5.41, 5.74) is 0.424. The topological polar surface area (TPSA) is 123 Å². The first-order chi connectivity index (χ1) is 14.0. The average molecular weight is 431 g/mol. The molecule has 1 amide bonds. The highest BCUT2D eigenvalue weighted by atomic mass is 32.2. The van der Waals surface area contributed by atoms with Gasteiger partial charge in [0, 0.05) is 33.0 Å². The molecule has 158 valence electrons. The van der Waals surface area contributed by atoms with E-state index in [0.717, 1.165) is 31.3 Å². The first kappa shape index (κ1) is 21.4. The van der Waals surface area contributed by atoms with Crippen LogP contribution in [-0.4, -0.2) is 46.3 Å². The van der Waals surface area contributed by atoms with Crippen LogP contribution in [-0.2, 0) is 28.9 Å². The standard InChI is InChI=1S/C19H21N5O5S/c1-12-5-7-13(8-6-12)21-16(25)11-22(2)30(28,29)14-9-15-17(20-10-14)23(3)19(27)24(4)18(15)26/h5-10H,11H2,1-4H3,(H,21,25). The van der Waals surface area contributed by atoms with Crippen LogP contribution in [0.15, 0.2) is 51.0 Å². The lowest BCUT2D eigenvalue weighted by Gasteiger charge is -2.17. The number of hydrogen-bond donors (Lipinski definition) is 1. The van der Waals surface area contributed by atoms with Gasteiger partial charge < -0.3 is 5.32 Å². The van der Waals surface area contributed by atoms with Crippen LogP contribution in [0.5, 0.6) is 0 Å². The van der Waals surface area contributed by atoms with Crippen LogP contribution in [0.2, 0.25) is 0 Å². The van der Waals surface area contributed by atoms with E-state index in [2.05, 4.69) is 10.3 Å². The summed E-state index contributed by atoms with van der Waals surface area (Å²) in [4.78, 5) is 40.4. The lowest BCUT2D eigenvalue weighted by atomic mass is 10.2. The van der Waals surface area contributed by atoms with Crippen molar-refractivity contribution in [3.05, 3.63) is 62.9 Å². The molecule has 0 unspecified atom stereocenters. The molecule has 0 radical (unpaired) electrons. The van der Waals surface area contributed by atoms with Gasteiger partial charge in [0.05, 0.1) is 11.9 Å². The minimum atomic E-state index is -4.10. The van der Waals surface area contributed by atoms with E-state index in [1.165, 1.54) is 21.1 Å². The Morgan fingerprint density at radius 2 is 1.77 bits per heavy atom. The SMILES string of the molecule is Cc1ccc(NC(=O)CN(C)S(=O)(=O)c2cnc3c(c2)c(=O)n(C)c(=O)n3C)cc1. The molecule has 2 heterocycles. The molecule has 0 atom stereocenters. The second-order valence-electron chi connectivity index (χ2n) is 6.92. The lowest BCUT2D eigenvalue weighted by Crippen LogP contribution is -2.38. The van der Waals surface area contributed by atoms with Crippen LogP contribution in [0.3, 0.4) is 0 Å². The number of nitrogens with zero attached hydrogens (tertiary/aromatic N) is 4. The third kappa shape index (κ3) is 3.89. The van der Waals surface area contributed by atoms with E-state index in [0.29, 0.717) is 5.69 Å². The molecule has 30 heavy (non-hydrogen) atoms. The Balaban J connectivity index is 1.89. The zero-order valence-electron chi connectivity index (χ0n) is 16.9. The van der Waals surface area contributed by atoms with Crippen molar-refractivity contribution < 1.29 is 13.2 Å². The van der Waals surface area contributed by atoms with Gasteiger partial charge in [-0.15, -0.1) is 0 Å². The van der Waals surface area contributed by atoms with Gasteiger partial charge in [0.15, 0.2) is 0 Å². The van der Waals surface area contributed by atoms with Crippen molar-refractivity contribution in [1.82, 2.24) is 18.4 Å². The summed E-state index contributed by atoms with van der Waals surface area (Å²) in [6.45, 7) is 1.48. The molecule has 11 heteroatoms. The Morgan fingerprint density at radius 3 is 2.40 bits per heavy atom. The minimum Gasteiger partial charge on any atom is -0.325 e. The van der Waals surface area contributed by atoms with E-state index in [-0.39, 0.29) is 15.9 Å². The third-order valence-corrected chi connectivity index (χ3v) is 6.45. The predicted molar refractivity (Wildman–Crippen MR) is 112 cm³/mol. The Labute approximate surface area is 172 Å². The highest BCUT2D eigenvalue weighted by Gasteiger charge is 2.25. The number of aryl methyl sites for hydroxylation is 2. The van der Waals surface area contributed by atoms with Gasteiger partial charge in [-0.1, -0.05) is 17.7 Å². The van der Waals surface area contributed by atoms with Gasteiger partial charge >= 0.3 is 5.69 Å². The molecule has 0 aliphatic heterocycles. The number of benzene rings is 1. The maximum Gasteiger partial charge on any atom is 0.332 e. The van der Waals surface area contributed by atoms with Crippen molar-refractivity contribution >= 4 is 32.7 Å². The summed E-state index contributed by atoms with van der Waals surface area (Å²) in [7, 11) is -0.110. The number of hydrogen-bond acceptors (Lipinski definition) is 6. The summed E-state index contributed by atoms with van der Waals surface area (Å²) in [6, 6.07) is 8.24. The molecule has 0 saturated carbocycles. The van der Waals surface area contributed by atoms with Crippen LogP contribution in [0, 0.1) is 6.92 Å². The summed E-state index contributed by atoms with van der Waals surface area (Å²) in [5.74, 6) is -0.517. The van der Waals surface area contributed by atoms with Gasteiger partial charge in [0.2, 0.25) is 15.9 Å². The van der Waals surface area contributed by atoms with Crippen molar-refractivity contribution in [2.24, 2.45) is 14.1 Å². The zero-order valence-corrected chi connectivity index (χ0v) is 17.7. The van der Waals surface area contributed by atoms with Gasteiger partial charge in [-0.05, 0) is 25.1 Å². The number of aromatic nitrogens is 3. The van der Waals surface area contributed by atoms with Gasteiger partial charge in [-0.25, -0.2) is 18.2 Å². The molecule has 0 bridgehead atoms. The quantitative estimate of drug-likeness (QED) is 0.616. The second kappa shape index (κ2) is 7.84. The second-order valence-corrected chi connectivity index (χ2v) is 8.97. The Hall–Kier alpha value is -3.31. The van der Waals surface area contributed by atoms with E-state index in [9.17, 15) is 22.8 Å². The summed E-state index contributed by atoms with van der Waals surface area (Å²) in [5, 5.41) is 2.62. The molecule has 1 aromatic carbocycles. The van der Waals surface area contributed by atoms with Crippen LogP contribution in [0.25, 0.3) is 11.0 Å². The van der Waals surface area contributed by atoms with Crippen LogP contribution in [0.4, 0.5) is 5.69 Å². The number of likely N-dealkylation sites (N-methyl/N-ethyl adjacent to an activating group) is 1. The first-order valence-electron chi connectivity index (χ1n) is 8.91. The molecule has 3 aromatic rings. The highest BCUT2D eigenvalue weighted by Crippen LogP contribution is 2.17. The number of carbonyl (C=O) groups is 1. The van der Waals surface area contributed by atoms with Crippen molar-refractivity contribution in [3.8, 4) is 0 Å². The fourth-order valence-corrected chi connectivity index (χ4v) is 3.99. The predicted octanol–water partition coefficient (Wildman–Crippen LogP) is 0.200. The molecule has 2 aromatic heterocycles. The van der Waals surface area contributed by atoms with Crippen molar-refractivity contribution in [1.29, 1.82) is 0 Å². The minimum absolute atomic E-state index is 0.0156. The fourth-order valence-electron chi connectivity index (χ4n) is 2.89. The highest BCUT2D eigenvalue weighted by molar-refractivity contribution is 7.89.